The zero-order valence-corrected chi connectivity index (χ0v) is 18.4. The van der Waals surface area contributed by atoms with Crippen LogP contribution in [-0.2, 0) is 11.3 Å². The summed E-state index contributed by atoms with van der Waals surface area (Å²) in [6, 6.07) is 7.87. The molecule has 164 valence electrons. The van der Waals surface area contributed by atoms with Gasteiger partial charge in [0.2, 0.25) is 5.91 Å². The van der Waals surface area contributed by atoms with Gasteiger partial charge in [-0.05, 0) is 38.3 Å². The molecule has 1 aromatic heterocycles. The molecular formula is C22H33N5O3. The van der Waals surface area contributed by atoms with Crippen LogP contribution in [0.15, 0.2) is 33.9 Å². The average molecular weight is 416 g/mol. The fourth-order valence-electron chi connectivity index (χ4n) is 3.50. The van der Waals surface area contributed by atoms with Crippen LogP contribution in [0.25, 0.3) is 0 Å². The van der Waals surface area contributed by atoms with Gasteiger partial charge in [0, 0.05) is 25.3 Å². The van der Waals surface area contributed by atoms with Crippen LogP contribution in [0, 0.1) is 6.92 Å². The number of aryl methyl sites for hydroxylation is 1. The molecule has 0 fully saturated rings. The van der Waals surface area contributed by atoms with Crippen LogP contribution in [0.4, 0.5) is 17.2 Å². The number of rotatable bonds is 10. The number of hydrogen-bond donors (Lipinski definition) is 2. The summed E-state index contributed by atoms with van der Waals surface area (Å²) in [5.41, 5.74) is 7.13. The van der Waals surface area contributed by atoms with E-state index in [4.69, 9.17) is 5.73 Å². The van der Waals surface area contributed by atoms with E-state index in [1.165, 1.54) is 9.47 Å². The van der Waals surface area contributed by atoms with Gasteiger partial charge in [-0.2, -0.15) is 0 Å². The Balaban J connectivity index is 2.46. The Morgan fingerprint density at radius 2 is 1.83 bits per heavy atom. The minimum Gasteiger partial charge on any atom is -0.383 e. The third-order valence-electron chi connectivity index (χ3n) is 5.13. The summed E-state index contributed by atoms with van der Waals surface area (Å²) < 4.78 is 1.32. The van der Waals surface area contributed by atoms with E-state index in [1.54, 1.807) is 0 Å². The van der Waals surface area contributed by atoms with Gasteiger partial charge in [0.05, 0.1) is 6.54 Å². The summed E-state index contributed by atoms with van der Waals surface area (Å²) in [5.74, 6) is -0.193. The van der Waals surface area contributed by atoms with Crippen LogP contribution >= 0.6 is 0 Å². The Labute approximate surface area is 177 Å². The molecule has 1 amide bonds. The molecule has 0 atom stereocenters. The number of aromatic nitrogens is 2. The van der Waals surface area contributed by atoms with Crippen LogP contribution in [0.5, 0.6) is 0 Å². The van der Waals surface area contributed by atoms with E-state index < -0.39 is 11.2 Å². The number of hydrogen-bond acceptors (Lipinski definition) is 5. The minimum absolute atomic E-state index is 0.0361. The minimum atomic E-state index is -0.631. The van der Waals surface area contributed by atoms with Gasteiger partial charge in [0.15, 0.2) is 5.69 Å². The van der Waals surface area contributed by atoms with Crippen molar-refractivity contribution in [2.75, 3.05) is 35.2 Å². The topological polar surface area (TPSA) is 104 Å². The fourth-order valence-corrected chi connectivity index (χ4v) is 3.50. The Bertz CT molecular complexity index is 979. The molecule has 0 unspecified atom stereocenters. The zero-order valence-electron chi connectivity index (χ0n) is 18.4. The molecule has 0 saturated heterocycles. The number of amides is 1. The SMILES string of the molecule is CCCCN(C(=O)CN(CC)c1ccccc1C)c1c(N)n(CCC)c(=O)[nH]c1=O. The molecule has 0 spiro atoms. The normalized spacial score (nSPS) is 10.8. The number of H-pyrrole nitrogens is 1. The Morgan fingerprint density at radius 1 is 1.13 bits per heavy atom. The van der Waals surface area contributed by atoms with E-state index in [2.05, 4.69) is 4.98 Å². The predicted octanol–water partition coefficient (Wildman–Crippen LogP) is 2.50. The summed E-state index contributed by atoms with van der Waals surface area (Å²) in [4.78, 5) is 43.9. The van der Waals surface area contributed by atoms with Crippen molar-refractivity contribution in [2.24, 2.45) is 0 Å². The van der Waals surface area contributed by atoms with Crippen LogP contribution in [-0.4, -0.2) is 35.1 Å². The number of nitrogens with one attached hydrogen (secondary N) is 1. The third-order valence-corrected chi connectivity index (χ3v) is 5.13. The first-order chi connectivity index (χ1) is 14.3. The van der Waals surface area contributed by atoms with Crippen molar-refractivity contribution in [3.05, 3.63) is 50.7 Å². The number of aromatic amines is 1. The lowest BCUT2D eigenvalue weighted by atomic mass is 10.1. The lowest BCUT2D eigenvalue weighted by Gasteiger charge is -2.29. The van der Waals surface area contributed by atoms with Crippen LogP contribution < -0.4 is 26.8 Å². The van der Waals surface area contributed by atoms with Crippen molar-refractivity contribution in [3.63, 3.8) is 0 Å². The van der Waals surface area contributed by atoms with E-state index in [9.17, 15) is 14.4 Å². The van der Waals surface area contributed by atoms with Gasteiger partial charge >= 0.3 is 5.69 Å². The number of carbonyl (C=O) groups excluding carboxylic acids is 1. The first-order valence-corrected chi connectivity index (χ1v) is 10.6. The highest BCUT2D eigenvalue weighted by molar-refractivity contribution is 5.98. The number of nitrogen functional groups attached to an aromatic ring is 1. The molecule has 2 rings (SSSR count). The summed E-state index contributed by atoms with van der Waals surface area (Å²) in [6.07, 6.45) is 2.24. The quantitative estimate of drug-likeness (QED) is 0.620. The number of unbranched alkanes of at least 4 members (excludes halogenated alkanes) is 1. The van der Waals surface area contributed by atoms with Crippen molar-refractivity contribution in [2.45, 2.75) is 53.5 Å². The van der Waals surface area contributed by atoms with E-state index in [-0.39, 0.29) is 24.0 Å². The van der Waals surface area contributed by atoms with E-state index in [0.29, 0.717) is 32.5 Å². The molecule has 0 aliphatic rings. The Kier molecular flexibility index (Phi) is 8.26. The van der Waals surface area contributed by atoms with E-state index in [1.807, 2.05) is 56.9 Å². The van der Waals surface area contributed by atoms with Crippen molar-refractivity contribution >= 4 is 23.1 Å². The second-order valence-electron chi connectivity index (χ2n) is 7.34. The molecule has 3 N–H and O–H groups in total. The highest BCUT2D eigenvalue weighted by atomic mass is 16.2. The second-order valence-corrected chi connectivity index (χ2v) is 7.34. The monoisotopic (exact) mass is 415 g/mol. The average Bonchev–Trinajstić information content (AvgIpc) is 2.72. The standard InChI is InChI=1S/C22H33N5O3/c1-5-8-14-26(19-20(23)27(13-6-2)22(30)24-21(19)29)18(28)15-25(7-3)17-12-10-9-11-16(17)4/h9-12H,5-8,13-15,23H2,1-4H3,(H,24,29,30). The maximum Gasteiger partial charge on any atom is 0.330 e. The third kappa shape index (κ3) is 5.11. The fraction of sp³-hybridized carbons (Fsp3) is 0.500. The van der Waals surface area contributed by atoms with E-state index >= 15 is 0 Å². The number of nitrogens with two attached hydrogens (primary N) is 1. The van der Waals surface area contributed by atoms with Gasteiger partial charge in [-0.25, -0.2) is 4.79 Å². The smallest absolute Gasteiger partial charge is 0.330 e. The molecule has 0 saturated carbocycles. The largest absolute Gasteiger partial charge is 0.383 e. The molecule has 8 nitrogen and oxygen atoms in total. The molecule has 0 radical (unpaired) electrons. The zero-order chi connectivity index (χ0) is 22.3. The molecular weight excluding hydrogens is 382 g/mol. The lowest BCUT2D eigenvalue weighted by molar-refractivity contribution is -0.117. The number of likely N-dealkylation sites (N-methyl/N-ethyl adjacent to an activating group) is 1. The molecule has 1 aromatic carbocycles. The van der Waals surface area contributed by atoms with Gasteiger partial charge in [-0.15, -0.1) is 0 Å². The van der Waals surface area contributed by atoms with Gasteiger partial charge in [0.1, 0.15) is 5.82 Å². The number of carbonyl (C=O) groups is 1. The number of benzene rings is 1. The van der Waals surface area contributed by atoms with Crippen molar-refractivity contribution in [1.82, 2.24) is 9.55 Å². The number of nitrogens with zero attached hydrogens (tertiary/aromatic N) is 3. The number of anilines is 3. The maximum absolute atomic E-state index is 13.4. The van der Waals surface area contributed by atoms with Gasteiger partial charge in [0.25, 0.3) is 5.56 Å². The molecule has 0 bridgehead atoms. The molecule has 2 aromatic rings. The first kappa shape index (κ1) is 23.3. The molecule has 1 heterocycles. The summed E-state index contributed by atoms with van der Waals surface area (Å²) in [6.45, 7) is 9.39. The predicted molar refractivity (Wildman–Crippen MR) is 122 cm³/mol. The van der Waals surface area contributed by atoms with Crippen molar-refractivity contribution in [1.29, 1.82) is 0 Å². The van der Waals surface area contributed by atoms with Gasteiger partial charge < -0.3 is 15.5 Å². The van der Waals surface area contributed by atoms with E-state index in [0.717, 1.165) is 17.7 Å². The van der Waals surface area contributed by atoms with Gasteiger partial charge in [-0.3, -0.25) is 19.1 Å². The molecule has 30 heavy (non-hydrogen) atoms. The van der Waals surface area contributed by atoms with Crippen molar-refractivity contribution in [3.8, 4) is 0 Å². The molecule has 0 aliphatic carbocycles. The van der Waals surface area contributed by atoms with Crippen LogP contribution in [0.2, 0.25) is 0 Å². The summed E-state index contributed by atoms with van der Waals surface area (Å²) in [5, 5.41) is 0. The van der Waals surface area contributed by atoms with Crippen molar-refractivity contribution < 1.29 is 4.79 Å². The maximum atomic E-state index is 13.4. The summed E-state index contributed by atoms with van der Waals surface area (Å²) >= 11 is 0. The highest BCUT2D eigenvalue weighted by Gasteiger charge is 2.25. The lowest BCUT2D eigenvalue weighted by Crippen LogP contribution is -2.45. The highest BCUT2D eigenvalue weighted by Crippen LogP contribution is 2.22. The van der Waals surface area contributed by atoms with Crippen LogP contribution in [0.3, 0.4) is 0 Å². The molecule has 0 aliphatic heterocycles. The molecule has 8 heteroatoms. The summed E-state index contributed by atoms with van der Waals surface area (Å²) in [7, 11) is 0. The second kappa shape index (κ2) is 10.7. The van der Waals surface area contributed by atoms with Gasteiger partial charge in [-0.1, -0.05) is 38.5 Å². The number of para-hydroxylation sites is 1. The Morgan fingerprint density at radius 3 is 2.43 bits per heavy atom. The first-order valence-electron chi connectivity index (χ1n) is 10.6. The van der Waals surface area contributed by atoms with Crippen LogP contribution in [0.1, 0.15) is 45.6 Å². The Hall–Kier alpha value is -3.03.